The minimum Gasteiger partial charge on any atom is -0.496 e. The van der Waals surface area contributed by atoms with Gasteiger partial charge in [-0.2, -0.15) is 0 Å². The van der Waals surface area contributed by atoms with Crippen LogP contribution < -0.4 is 14.8 Å². The van der Waals surface area contributed by atoms with Crippen molar-refractivity contribution in [2.75, 3.05) is 13.7 Å². The van der Waals surface area contributed by atoms with Crippen molar-refractivity contribution in [1.82, 2.24) is 5.32 Å². The summed E-state index contributed by atoms with van der Waals surface area (Å²) in [4.78, 5) is 0. The van der Waals surface area contributed by atoms with Crippen molar-refractivity contribution in [2.45, 2.75) is 37.2 Å². The Hall–Kier alpha value is -2.12. The number of para-hydroxylation sites is 2. The van der Waals surface area contributed by atoms with Gasteiger partial charge in [0.15, 0.2) is 12.4 Å². The van der Waals surface area contributed by atoms with Crippen molar-refractivity contribution in [3.05, 3.63) is 60.2 Å². The lowest BCUT2D eigenvalue weighted by Gasteiger charge is -2.38. The predicted molar refractivity (Wildman–Crippen MR) is 95.1 cm³/mol. The number of hydrogen-bond donors (Lipinski definition) is 2. The second-order valence-corrected chi connectivity index (χ2v) is 6.48. The van der Waals surface area contributed by atoms with Crippen LogP contribution in [0.5, 0.6) is 11.5 Å². The average molecular weight is 357 g/mol. The van der Waals surface area contributed by atoms with Gasteiger partial charge in [0, 0.05) is 12.1 Å². The molecule has 0 spiro atoms. The van der Waals surface area contributed by atoms with E-state index in [1.165, 1.54) is 0 Å². The maximum Gasteiger partial charge on any atom is 0.197 e. The molecule has 0 saturated carbocycles. The number of methoxy groups -OCH3 is 1. The van der Waals surface area contributed by atoms with E-state index in [4.69, 9.17) is 18.9 Å². The minimum atomic E-state index is -0.754. The molecular formula is C20H23NO5. The second-order valence-electron chi connectivity index (χ2n) is 6.48. The third kappa shape index (κ3) is 3.41. The number of ether oxygens (including phenoxy) is 4. The van der Waals surface area contributed by atoms with E-state index in [1.807, 2.05) is 54.6 Å². The Labute approximate surface area is 152 Å². The first kappa shape index (κ1) is 17.3. The summed E-state index contributed by atoms with van der Waals surface area (Å²) in [5.41, 5.74) is 1.02. The third-order valence-electron chi connectivity index (χ3n) is 4.84. The first-order valence-electron chi connectivity index (χ1n) is 8.78. The number of fused-ring (bicyclic) bond motifs is 2. The predicted octanol–water partition coefficient (Wildman–Crippen LogP) is 1.72. The van der Waals surface area contributed by atoms with Gasteiger partial charge in [0.05, 0.1) is 19.8 Å². The van der Waals surface area contributed by atoms with Gasteiger partial charge >= 0.3 is 0 Å². The number of rotatable bonds is 6. The lowest BCUT2D eigenvalue weighted by atomic mass is 9.97. The highest BCUT2D eigenvalue weighted by molar-refractivity contribution is 5.33. The van der Waals surface area contributed by atoms with Crippen molar-refractivity contribution in [1.29, 1.82) is 0 Å². The number of nitrogens with one attached hydrogen (secondary N) is 1. The van der Waals surface area contributed by atoms with E-state index in [-0.39, 0.29) is 12.1 Å². The Morgan fingerprint density at radius 2 is 1.88 bits per heavy atom. The van der Waals surface area contributed by atoms with Gasteiger partial charge in [0.2, 0.25) is 0 Å². The number of aliphatic hydroxyl groups is 1. The van der Waals surface area contributed by atoms with Gasteiger partial charge in [-0.1, -0.05) is 36.4 Å². The minimum absolute atomic E-state index is 0.208. The largest absolute Gasteiger partial charge is 0.496 e. The lowest BCUT2D eigenvalue weighted by Crippen LogP contribution is -2.61. The van der Waals surface area contributed by atoms with Crippen molar-refractivity contribution < 1.29 is 24.1 Å². The van der Waals surface area contributed by atoms with E-state index >= 15 is 0 Å². The second kappa shape index (κ2) is 7.63. The van der Waals surface area contributed by atoms with Crippen LogP contribution in [0.3, 0.4) is 0 Å². The molecule has 2 N–H and O–H groups in total. The fourth-order valence-electron chi connectivity index (χ4n) is 3.50. The van der Waals surface area contributed by atoms with Crippen LogP contribution in [0.15, 0.2) is 54.6 Å². The van der Waals surface area contributed by atoms with Gasteiger partial charge in [0.1, 0.15) is 23.7 Å². The van der Waals surface area contributed by atoms with Crippen LogP contribution >= 0.6 is 0 Å². The van der Waals surface area contributed by atoms with Gasteiger partial charge in [0.25, 0.3) is 0 Å². The summed E-state index contributed by atoms with van der Waals surface area (Å²) in [7, 11) is 1.65. The number of hydrogen-bond acceptors (Lipinski definition) is 6. The van der Waals surface area contributed by atoms with Crippen LogP contribution in [0.1, 0.15) is 5.56 Å². The maximum absolute atomic E-state index is 10.9. The van der Waals surface area contributed by atoms with E-state index in [1.54, 1.807) is 7.11 Å². The fourth-order valence-corrected chi connectivity index (χ4v) is 3.50. The molecule has 6 nitrogen and oxygen atoms in total. The smallest absolute Gasteiger partial charge is 0.197 e. The molecule has 2 heterocycles. The summed E-state index contributed by atoms with van der Waals surface area (Å²) < 4.78 is 22.9. The number of aliphatic hydroxyl groups excluding tert-OH is 1. The molecule has 0 aromatic heterocycles. The molecule has 0 amide bonds. The molecule has 2 aliphatic heterocycles. The van der Waals surface area contributed by atoms with Crippen molar-refractivity contribution in [3.63, 3.8) is 0 Å². The fraction of sp³-hybridized carbons (Fsp3) is 0.400. The van der Waals surface area contributed by atoms with Crippen molar-refractivity contribution in [2.24, 2.45) is 0 Å². The summed E-state index contributed by atoms with van der Waals surface area (Å²) in [6.45, 7) is 0.980. The average Bonchev–Trinajstić information content (AvgIpc) is 3.12. The van der Waals surface area contributed by atoms with E-state index in [0.717, 1.165) is 11.3 Å². The Balaban J connectivity index is 1.47. The number of benzene rings is 2. The van der Waals surface area contributed by atoms with Gasteiger partial charge in [-0.05, 0) is 18.2 Å². The molecule has 0 aliphatic carbocycles. The van der Waals surface area contributed by atoms with E-state index in [0.29, 0.717) is 18.9 Å². The monoisotopic (exact) mass is 357 g/mol. The topological polar surface area (TPSA) is 69.2 Å². The first-order chi connectivity index (χ1) is 12.8. The maximum atomic E-state index is 10.9. The molecule has 4 rings (SSSR count). The normalized spacial score (nSPS) is 30.2. The standard InChI is InChI=1S/C20H23NO5/c1-23-15-10-6-5-7-13(15)11-21-17-16-12-24-20(26-16)19(18(17)22)25-14-8-3-2-4-9-14/h2-10,16-22H,11-12H2,1H3/t16-,17-,18+,19-,20-/m1/s1. The SMILES string of the molecule is COc1ccccc1CN[C@H]1[C@H](O)[C@@H](Oc2ccccc2)[C@@H]2OC[C@H]1O2. The molecule has 2 fully saturated rings. The summed E-state index contributed by atoms with van der Waals surface area (Å²) in [5.74, 6) is 1.49. The zero-order chi connectivity index (χ0) is 17.9. The third-order valence-corrected chi connectivity index (χ3v) is 4.84. The van der Waals surface area contributed by atoms with Crippen LogP contribution in [-0.4, -0.2) is 49.5 Å². The van der Waals surface area contributed by atoms with Gasteiger partial charge in [-0.25, -0.2) is 0 Å². The highest BCUT2D eigenvalue weighted by atomic mass is 16.7. The molecule has 2 saturated heterocycles. The van der Waals surface area contributed by atoms with E-state index in [9.17, 15) is 5.11 Å². The van der Waals surface area contributed by atoms with E-state index < -0.39 is 18.5 Å². The Bertz CT molecular complexity index is 725. The molecule has 0 unspecified atom stereocenters. The molecule has 6 heteroatoms. The molecule has 0 radical (unpaired) electrons. The molecule has 2 bridgehead atoms. The highest BCUT2D eigenvalue weighted by Gasteiger charge is 2.51. The molecular weight excluding hydrogens is 334 g/mol. The first-order valence-corrected chi connectivity index (χ1v) is 8.78. The summed E-state index contributed by atoms with van der Waals surface area (Å²) in [6.07, 6.45) is -2.11. The zero-order valence-electron chi connectivity index (χ0n) is 14.6. The molecule has 2 aromatic rings. The molecule has 5 atom stereocenters. The molecule has 138 valence electrons. The summed E-state index contributed by atoms with van der Waals surface area (Å²) in [6, 6.07) is 16.9. The van der Waals surface area contributed by atoms with Gasteiger partial charge in [-0.3, -0.25) is 0 Å². The van der Waals surface area contributed by atoms with Crippen LogP contribution in [0.25, 0.3) is 0 Å². The molecule has 2 aromatic carbocycles. The molecule has 2 aliphatic rings. The zero-order valence-corrected chi connectivity index (χ0v) is 14.6. The van der Waals surface area contributed by atoms with Gasteiger partial charge < -0.3 is 29.4 Å². The van der Waals surface area contributed by atoms with Crippen LogP contribution in [0.4, 0.5) is 0 Å². The van der Waals surface area contributed by atoms with Crippen LogP contribution in [-0.2, 0) is 16.0 Å². The lowest BCUT2D eigenvalue weighted by molar-refractivity contribution is -0.193. The van der Waals surface area contributed by atoms with Crippen LogP contribution in [0, 0.1) is 0 Å². The van der Waals surface area contributed by atoms with Crippen molar-refractivity contribution in [3.8, 4) is 11.5 Å². The van der Waals surface area contributed by atoms with E-state index in [2.05, 4.69) is 5.32 Å². The summed E-state index contributed by atoms with van der Waals surface area (Å²) >= 11 is 0. The summed E-state index contributed by atoms with van der Waals surface area (Å²) in [5, 5.41) is 14.3. The Kier molecular flexibility index (Phi) is 5.08. The van der Waals surface area contributed by atoms with Crippen molar-refractivity contribution >= 4 is 0 Å². The molecule has 26 heavy (non-hydrogen) atoms. The highest BCUT2D eigenvalue weighted by Crippen LogP contribution is 2.31. The Morgan fingerprint density at radius 3 is 2.69 bits per heavy atom. The van der Waals surface area contributed by atoms with Gasteiger partial charge in [-0.15, -0.1) is 0 Å². The Morgan fingerprint density at radius 1 is 1.12 bits per heavy atom. The van der Waals surface area contributed by atoms with Crippen LogP contribution in [0.2, 0.25) is 0 Å². The quantitative estimate of drug-likeness (QED) is 0.820.